The van der Waals surface area contributed by atoms with Crippen LogP contribution < -0.4 is 5.32 Å². The minimum absolute atomic E-state index is 0.0114. The number of hydrogen-bond donors (Lipinski definition) is 1. The van der Waals surface area contributed by atoms with Crippen molar-refractivity contribution in [3.63, 3.8) is 0 Å². The summed E-state index contributed by atoms with van der Waals surface area (Å²) in [6, 6.07) is 9.82. The number of aryl methyl sites for hydroxylation is 1. The Morgan fingerprint density at radius 2 is 1.96 bits per heavy atom. The molecule has 0 atom stereocenters. The lowest BCUT2D eigenvalue weighted by atomic mass is 10.1. The highest BCUT2D eigenvalue weighted by Crippen LogP contribution is 2.20. The SMILES string of the molecule is CS(=O)(=O)N1CCC(NC(=O)CCCc2ncc(-c3ccccc3)o2)CC1. The first-order valence-electron chi connectivity index (χ1n) is 9.16. The summed E-state index contributed by atoms with van der Waals surface area (Å²) in [7, 11) is -3.14. The molecular formula is C19H25N3O4S. The zero-order chi connectivity index (χ0) is 19.3. The number of carbonyl (C=O) groups excluding carboxylic acids is 1. The average Bonchev–Trinajstić information content (AvgIpc) is 3.11. The number of carbonyl (C=O) groups is 1. The number of sulfonamides is 1. The molecule has 1 saturated heterocycles. The van der Waals surface area contributed by atoms with Gasteiger partial charge in [-0.05, 0) is 19.3 Å². The van der Waals surface area contributed by atoms with Crippen molar-refractivity contribution in [2.45, 2.75) is 38.1 Å². The highest BCUT2D eigenvalue weighted by Gasteiger charge is 2.25. The maximum absolute atomic E-state index is 12.1. The van der Waals surface area contributed by atoms with Crippen LogP contribution in [0.3, 0.4) is 0 Å². The maximum atomic E-state index is 12.1. The first-order chi connectivity index (χ1) is 12.9. The van der Waals surface area contributed by atoms with Gasteiger partial charge in [-0.3, -0.25) is 4.79 Å². The molecule has 8 heteroatoms. The second-order valence-electron chi connectivity index (χ2n) is 6.84. The second kappa shape index (κ2) is 8.67. The van der Waals surface area contributed by atoms with Crippen molar-refractivity contribution in [1.82, 2.24) is 14.6 Å². The highest BCUT2D eigenvalue weighted by molar-refractivity contribution is 7.88. The molecular weight excluding hydrogens is 366 g/mol. The van der Waals surface area contributed by atoms with Crippen molar-refractivity contribution < 1.29 is 17.6 Å². The van der Waals surface area contributed by atoms with Crippen LogP contribution in [0.4, 0.5) is 0 Å². The Morgan fingerprint density at radius 3 is 2.63 bits per heavy atom. The average molecular weight is 391 g/mol. The van der Waals surface area contributed by atoms with E-state index in [2.05, 4.69) is 10.3 Å². The number of nitrogens with zero attached hydrogens (tertiary/aromatic N) is 2. The highest BCUT2D eigenvalue weighted by atomic mass is 32.2. The van der Waals surface area contributed by atoms with Gasteiger partial charge in [0.05, 0.1) is 12.5 Å². The molecule has 7 nitrogen and oxygen atoms in total. The molecule has 1 amide bonds. The van der Waals surface area contributed by atoms with E-state index in [4.69, 9.17) is 4.42 Å². The van der Waals surface area contributed by atoms with Crippen molar-refractivity contribution >= 4 is 15.9 Å². The van der Waals surface area contributed by atoms with Gasteiger partial charge in [0.15, 0.2) is 11.7 Å². The molecule has 2 aromatic rings. The number of piperidine rings is 1. The predicted octanol–water partition coefficient (Wildman–Crippen LogP) is 2.20. The number of benzene rings is 1. The molecule has 1 aromatic heterocycles. The van der Waals surface area contributed by atoms with Gasteiger partial charge in [-0.1, -0.05) is 30.3 Å². The fraction of sp³-hybridized carbons (Fsp3) is 0.474. The Morgan fingerprint density at radius 1 is 1.26 bits per heavy atom. The first-order valence-corrected chi connectivity index (χ1v) is 11.0. The van der Waals surface area contributed by atoms with Crippen LogP contribution in [0.1, 0.15) is 31.6 Å². The normalized spacial score (nSPS) is 16.3. The zero-order valence-electron chi connectivity index (χ0n) is 15.4. The summed E-state index contributed by atoms with van der Waals surface area (Å²) in [6.45, 7) is 0.921. The molecule has 27 heavy (non-hydrogen) atoms. The van der Waals surface area contributed by atoms with Gasteiger partial charge < -0.3 is 9.73 Å². The van der Waals surface area contributed by atoms with Crippen LogP contribution in [0, 0.1) is 0 Å². The Labute approximate surface area is 159 Å². The summed E-state index contributed by atoms with van der Waals surface area (Å²) in [6.07, 6.45) is 5.89. The van der Waals surface area contributed by atoms with Crippen LogP contribution in [0.5, 0.6) is 0 Å². The summed E-state index contributed by atoms with van der Waals surface area (Å²) < 4.78 is 30.2. The molecule has 0 bridgehead atoms. The number of oxazole rings is 1. The minimum Gasteiger partial charge on any atom is -0.441 e. The van der Waals surface area contributed by atoms with Crippen molar-refractivity contribution in [3.05, 3.63) is 42.4 Å². The van der Waals surface area contributed by atoms with Gasteiger partial charge in [-0.2, -0.15) is 0 Å². The molecule has 1 aliphatic rings. The van der Waals surface area contributed by atoms with E-state index in [1.54, 1.807) is 6.20 Å². The van der Waals surface area contributed by atoms with E-state index in [1.165, 1.54) is 10.6 Å². The van der Waals surface area contributed by atoms with Gasteiger partial charge in [0.1, 0.15) is 0 Å². The molecule has 1 aromatic carbocycles. The van der Waals surface area contributed by atoms with Crippen LogP contribution in [0.25, 0.3) is 11.3 Å². The molecule has 0 saturated carbocycles. The molecule has 0 radical (unpaired) electrons. The van der Waals surface area contributed by atoms with Gasteiger partial charge in [0.2, 0.25) is 15.9 Å². The molecule has 1 fully saturated rings. The Hall–Kier alpha value is -2.19. The lowest BCUT2D eigenvalue weighted by molar-refractivity contribution is -0.122. The Kier molecular flexibility index (Phi) is 6.28. The second-order valence-corrected chi connectivity index (χ2v) is 8.82. The van der Waals surface area contributed by atoms with E-state index in [1.807, 2.05) is 30.3 Å². The Bertz CT molecular complexity index is 856. The summed E-state index contributed by atoms with van der Waals surface area (Å²) in [4.78, 5) is 16.4. The van der Waals surface area contributed by atoms with E-state index in [0.717, 1.165) is 11.3 Å². The smallest absolute Gasteiger partial charge is 0.220 e. The minimum atomic E-state index is -3.14. The van der Waals surface area contributed by atoms with Gasteiger partial charge in [0, 0.05) is 37.5 Å². The van der Waals surface area contributed by atoms with Gasteiger partial charge in [-0.25, -0.2) is 17.7 Å². The van der Waals surface area contributed by atoms with Crippen LogP contribution in [0.15, 0.2) is 40.9 Å². The van der Waals surface area contributed by atoms with Crippen LogP contribution in [-0.2, 0) is 21.2 Å². The van der Waals surface area contributed by atoms with Crippen molar-refractivity contribution in [2.24, 2.45) is 0 Å². The Balaban J connectivity index is 1.39. The summed E-state index contributed by atoms with van der Waals surface area (Å²) in [5.41, 5.74) is 0.981. The fourth-order valence-electron chi connectivity index (χ4n) is 3.19. The molecule has 146 valence electrons. The van der Waals surface area contributed by atoms with Crippen molar-refractivity contribution in [3.8, 4) is 11.3 Å². The van der Waals surface area contributed by atoms with E-state index in [0.29, 0.717) is 51.1 Å². The maximum Gasteiger partial charge on any atom is 0.220 e. The molecule has 2 heterocycles. The van der Waals surface area contributed by atoms with Crippen molar-refractivity contribution in [2.75, 3.05) is 19.3 Å². The van der Waals surface area contributed by atoms with Crippen LogP contribution >= 0.6 is 0 Å². The lowest BCUT2D eigenvalue weighted by Crippen LogP contribution is -2.46. The molecule has 1 aliphatic heterocycles. The summed E-state index contributed by atoms with van der Waals surface area (Å²) in [5, 5.41) is 3.00. The lowest BCUT2D eigenvalue weighted by Gasteiger charge is -2.30. The summed E-state index contributed by atoms with van der Waals surface area (Å²) in [5.74, 6) is 1.35. The number of amides is 1. The van der Waals surface area contributed by atoms with Crippen molar-refractivity contribution in [1.29, 1.82) is 0 Å². The third-order valence-electron chi connectivity index (χ3n) is 4.69. The number of nitrogens with one attached hydrogen (secondary N) is 1. The molecule has 1 N–H and O–H groups in total. The fourth-order valence-corrected chi connectivity index (χ4v) is 4.07. The first kappa shape index (κ1) is 19.6. The zero-order valence-corrected chi connectivity index (χ0v) is 16.2. The van der Waals surface area contributed by atoms with Crippen LogP contribution in [0.2, 0.25) is 0 Å². The molecule has 0 unspecified atom stereocenters. The quantitative estimate of drug-likeness (QED) is 0.781. The number of aromatic nitrogens is 1. The van der Waals surface area contributed by atoms with E-state index in [9.17, 15) is 13.2 Å². The summed E-state index contributed by atoms with van der Waals surface area (Å²) >= 11 is 0. The van der Waals surface area contributed by atoms with Gasteiger partial charge >= 0.3 is 0 Å². The predicted molar refractivity (Wildman–Crippen MR) is 102 cm³/mol. The van der Waals surface area contributed by atoms with E-state index < -0.39 is 10.0 Å². The third kappa shape index (κ3) is 5.64. The van der Waals surface area contributed by atoms with Gasteiger partial charge in [-0.15, -0.1) is 0 Å². The topological polar surface area (TPSA) is 92.5 Å². The molecule has 0 spiro atoms. The van der Waals surface area contributed by atoms with Crippen LogP contribution in [-0.4, -0.2) is 49.0 Å². The third-order valence-corrected chi connectivity index (χ3v) is 6.00. The largest absolute Gasteiger partial charge is 0.441 e. The molecule has 0 aliphatic carbocycles. The number of hydrogen-bond acceptors (Lipinski definition) is 5. The van der Waals surface area contributed by atoms with E-state index in [-0.39, 0.29) is 11.9 Å². The standard InChI is InChI=1S/C19H25N3O4S/c1-27(24,25)22-12-10-16(11-13-22)21-18(23)8-5-9-19-20-14-17(26-19)15-6-3-2-4-7-15/h2-4,6-7,14,16H,5,8-13H2,1H3,(H,21,23). The number of rotatable bonds is 7. The molecule has 3 rings (SSSR count). The van der Waals surface area contributed by atoms with E-state index >= 15 is 0 Å². The monoisotopic (exact) mass is 391 g/mol. The van der Waals surface area contributed by atoms with Gasteiger partial charge in [0.25, 0.3) is 0 Å².